The summed E-state index contributed by atoms with van der Waals surface area (Å²) in [7, 11) is 0. The average Bonchev–Trinajstić information content (AvgIpc) is 2.49. The molecule has 2 aromatic heterocycles. The molecular formula is C8H4N2O2. The van der Waals surface area contributed by atoms with Gasteiger partial charge in [-0.3, -0.25) is 0 Å². The van der Waals surface area contributed by atoms with Crippen LogP contribution in [0.1, 0.15) is 5.76 Å². The first-order chi connectivity index (χ1) is 5.81. The van der Waals surface area contributed by atoms with Gasteiger partial charge in [-0.2, -0.15) is 9.99 Å². The Hall–Kier alpha value is -2.02. The van der Waals surface area contributed by atoms with E-state index >= 15 is 0 Å². The smallest absolute Gasteiger partial charge is 0.264 e. The molecule has 58 valence electrons. The summed E-state index contributed by atoms with van der Waals surface area (Å²) in [6.45, 7) is 0. The van der Waals surface area contributed by atoms with Gasteiger partial charge in [-0.05, 0) is 6.07 Å². The summed E-state index contributed by atoms with van der Waals surface area (Å²) in [6, 6.07) is 6.46. The summed E-state index contributed by atoms with van der Waals surface area (Å²) >= 11 is 0. The Morgan fingerprint density at radius 3 is 3.08 bits per heavy atom. The molecule has 0 aromatic carbocycles. The minimum Gasteiger partial charge on any atom is -0.618 e. The predicted octanol–water partition coefficient (Wildman–Crippen LogP) is 0.938. The van der Waals surface area contributed by atoms with E-state index in [-0.39, 0.29) is 5.76 Å². The lowest BCUT2D eigenvalue weighted by molar-refractivity contribution is -0.577. The Balaban J connectivity index is 2.85. The second kappa shape index (κ2) is 2.24. The Bertz CT molecular complexity index is 467. The first-order valence-electron chi connectivity index (χ1n) is 3.33. The molecule has 0 saturated carbocycles. The van der Waals surface area contributed by atoms with Crippen molar-refractivity contribution in [2.45, 2.75) is 0 Å². The van der Waals surface area contributed by atoms with Crippen LogP contribution < -0.4 is 4.73 Å². The summed E-state index contributed by atoms with van der Waals surface area (Å²) in [6.07, 6.45) is 1.36. The number of fused-ring (bicyclic) bond motifs is 1. The van der Waals surface area contributed by atoms with Crippen molar-refractivity contribution in [2.75, 3.05) is 0 Å². The summed E-state index contributed by atoms with van der Waals surface area (Å²) < 4.78 is 5.68. The Kier molecular flexibility index (Phi) is 1.25. The molecule has 0 aliphatic rings. The van der Waals surface area contributed by atoms with E-state index in [9.17, 15) is 5.21 Å². The van der Waals surface area contributed by atoms with Crippen molar-refractivity contribution in [3.05, 3.63) is 35.4 Å². The number of rotatable bonds is 0. The molecule has 12 heavy (non-hydrogen) atoms. The minimum atomic E-state index is 0.154. The van der Waals surface area contributed by atoms with Gasteiger partial charge in [-0.1, -0.05) is 0 Å². The Morgan fingerprint density at radius 1 is 1.58 bits per heavy atom. The molecule has 0 saturated heterocycles. The number of hydrogen-bond acceptors (Lipinski definition) is 3. The van der Waals surface area contributed by atoms with Gasteiger partial charge in [0.2, 0.25) is 11.3 Å². The zero-order valence-corrected chi connectivity index (χ0v) is 6.02. The second-order valence-electron chi connectivity index (χ2n) is 2.31. The highest BCUT2D eigenvalue weighted by atomic mass is 16.5. The van der Waals surface area contributed by atoms with Crippen molar-refractivity contribution < 1.29 is 9.15 Å². The van der Waals surface area contributed by atoms with Gasteiger partial charge in [0.05, 0.1) is 6.07 Å². The van der Waals surface area contributed by atoms with Crippen LogP contribution in [-0.4, -0.2) is 0 Å². The molecule has 2 rings (SSSR count). The molecule has 0 bridgehead atoms. The van der Waals surface area contributed by atoms with Gasteiger partial charge >= 0.3 is 0 Å². The normalized spacial score (nSPS) is 9.92. The molecule has 0 radical (unpaired) electrons. The summed E-state index contributed by atoms with van der Waals surface area (Å²) in [4.78, 5) is 0. The zero-order chi connectivity index (χ0) is 8.55. The van der Waals surface area contributed by atoms with Crippen molar-refractivity contribution in [3.8, 4) is 6.07 Å². The molecule has 0 atom stereocenters. The van der Waals surface area contributed by atoms with Crippen LogP contribution in [0.5, 0.6) is 0 Å². The third-order valence-corrected chi connectivity index (χ3v) is 1.56. The van der Waals surface area contributed by atoms with Crippen LogP contribution in [0.25, 0.3) is 11.1 Å². The summed E-state index contributed by atoms with van der Waals surface area (Å²) in [5, 5.41) is 19.5. The van der Waals surface area contributed by atoms with Crippen molar-refractivity contribution >= 4 is 11.1 Å². The number of nitriles is 1. The molecular weight excluding hydrogens is 156 g/mol. The Labute approximate surface area is 67.8 Å². The minimum absolute atomic E-state index is 0.154. The molecule has 0 aliphatic heterocycles. The SMILES string of the molecule is N#Cc1cc2c(ccc[n+]2[O-])o1. The quantitative estimate of drug-likeness (QED) is 0.425. The van der Waals surface area contributed by atoms with Gasteiger partial charge in [-0.25, -0.2) is 0 Å². The van der Waals surface area contributed by atoms with E-state index in [0.717, 1.165) is 0 Å². The van der Waals surface area contributed by atoms with Gasteiger partial charge in [0, 0.05) is 6.07 Å². The van der Waals surface area contributed by atoms with Crippen LogP contribution in [0.4, 0.5) is 0 Å². The molecule has 4 heteroatoms. The second-order valence-corrected chi connectivity index (χ2v) is 2.31. The molecule has 4 nitrogen and oxygen atoms in total. The van der Waals surface area contributed by atoms with Crippen molar-refractivity contribution in [3.63, 3.8) is 0 Å². The fourth-order valence-electron chi connectivity index (χ4n) is 1.03. The van der Waals surface area contributed by atoms with E-state index in [1.54, 1.807) is 12.1 Å². The Morgan fingerprint density at radius 2 is 2.42 bits per heavy atom. The van der Waals surface area contributed by atoms with Crippen molar-refractivity contribution in [2.24, 2.45) is 0 Å². The maximum Gasteiger partial charge on any atom is 0.264 e. The lowest BCUT2D eigenvalue weighted by Gasteiger charge is -1.92. The van der Waals surface area contributed by atoms with E-state index in [2.05, 4.69) is 0 Å². The van der Waals surface area contributed by atoms with E-state index in [0.29, 0.717) is 15.8 Å². The molecule has 0 aliphatic carbocycles. The van der Waals surface area contributed by atoms with Gasteiger partial charge < -0.3 is 9.62 Å². The highest BCUT2D eigenvalue weighted by Crippen LogP contribution is 2.13. The van der Waals surface area contributed by atoms with E-state index in [1.807, 2.05) is 6.07 Å². The fraction of sp³-hybridized carbons (Fsp3) is 0. The monoisotopic (exact) mass is 160 g/mol. The molecule has 0 spiro atoms. The predicted molar refractivity (Wildman–Crippen MR) is 39.9 cm³/mol. The molecule has 0 N–H and O–H groups in total. The standard InChI is InChI=1S/C8H4N2O2/c9-5-6-4-7-8(12-6)2-1-3-10(7)11/h1-4H. The summed E-state index contributed by atoms with van der Waals surface area (Å²) in [5.74, 6) is 0.154. The van der Waals surface area contributed by atoms with Gasteiger partial charge in [-0.15, -0.1) is 0 Å². The maximum atomic E-state index is 11.1. The number of hydrogen-bond donors (Lipinski definition) is 0. The molecule has 2 heterocycles. The number of aromatic nitrogens is 1. The number of furan rings is 1. The van der Waals surface area contributed by atoms with Crippen LogP contribution in [0.15, 0.2) is 28.8 Å². The van der Waals surface area contributed by atoms with Gasteiger partial charge in [0.1, 0.15) is 6.07 Å². The largest absolute Gasteiger partial charge is 0.618 e. The van der Waals surface area contributed by atoms with Crippen LogP contribution in [0, 0.1) is 16.5 Å². The first-order valence-corrected chi connectivity index (χ1v) is 3.33. The van der Waals surface area contributed by atoms with Crippen molar-refractivity contribution in [1.82, 2.24) is 0 Å². The highest BCUT2D eigenvalue weighted by Gasteiger charge is 2.09. The maximum absolute atomic E-state index is 11.1. The van der Waals surface area contributed by atoms with Gasteiger partial charge in [0.25, 0.3) is 5.52 Å². The third kappa shape index (κ3) is 0.805. The zero-order valence-electron chi connectivity index (χ0n) is 6.02. The van der Waals surface area contributed by atoms with Crippen LogP contribution in [-0.2, 0) is 0 Å². The number of nitrogens with zero attached hydrogens (tertiary/aromatic N) is 2. The molecule has 0 unspecified atom stereocenters. The third-order valence-electron chi connectivity index (χ3n) is 1.56. The van der Waals surface area contributed by atoms with Crippen molar-refractivity contribution in [1.29, 1.82) is 5.26 Å². The van der Waals surface area contributed by atoms with Crippen LogP contribution in [0.3, 0.4) is 0 Å². The first kappa shape index (κ1) is 6.68. The molecule has 0 amide bonds. The fourth-order valence-corrected chi connectivity index (χ4v) is 1.03. The average molecular weight is 160 g/mol. The lowest BCUT2D eigenvalue weighted by Crippen LogP contribution is -2.24. The topological polar surface area (TPSA) is 63.9 Å². The molecule has 2 aromatic rings. The van der Waals surface area contributed by atoms with E-state index in [1.165, 1.54) is 12.3 Å². The summed E-state index contributed by atoms with van der Waals surface area (Å²) in [5.41, 5.74) is 0.818. The van der Waals surface area contributed by atoms with Gasteiger partial charge in [0.15, 0.2) is 6.20 Å². The van der Waals surface area contributed by atoms with E-state index < -0.39 is 0 Å². The molecule has 0 fully saturated rings. The van der Waals surface area contributed by atoms with Crippen LogP contribution >= 0.6 is 0 Å². The lowest BCUT2D eigenvalue weighted by atomic mass is 10.4. The number of pyridine rings is 1. The van der Waals surface area contributed by atoms with Crippen LogP contribution in [0.2, 0.25) is 0 Å². The van der Waals surface area contributed by atoms with E-state index in [4.69, 9.17) is 9.68 Å². The highest BCUT2D eigenvalue weighted by molar-refractivity contribution is 5.70.